The predicted molar refractivity (Wildman–Crippen MR) is 91.5 cm³/mol. The monoisotopic (exact) mass is 347 g/mol. The first-order valence-corrected chi connectivity index (χ1v) is 8.51. The van der Waals surface area contributed by atoms with Crippen molar-refractivity contribution < 1.29 is 19.1 Å². The largest absolute Gasteiger partial charge is 0.448 e. The van der Waals surface area contributed by atoms with Crippen LogP contribution < -0.4 is 5.73 Å². The molecule has 25 heavy (non-hydrogen) atoms. The summed E-state index contributed by atoms with van der Waals surface area (Å²) in [5.41, 5.74) is 6.46. The van der Waals surface area contributed by atoms with Crippen LogP contribution in [-0.2, 0) is 14.3 Å². The van der Waals surface area contributed by atoms with E-state index in [0.29, 0.717) is 24.9 Å². The summed E-state index contributed by atoms with van der Waals surface area (Å²) in [5.74, 6) is -1.80. The van der Waals surface area contributed by atoms with Crippen molar-refractivity contribution in [2.75, 3.05) is 13.1 Å². The van der Waals surface area contributed by atoms with Gasteiger partial charge in [-0.25, -0.2) is 4.79 Å². The quantitative estimate of drug-likeness (QED) is 0.809. The Kier molecular flexibility index (Phi) is 6.12. The topological polar surface area (TPSA) is 103 Å². The maximum atomic E-state index is 12.8. The highest BCUT2D eigenvalue weighted by molar-refractivity contribution is 5.92. The molecule has 2 heterocycles. The highest BCUT2D eigenvalue weighted by atomic mass is 16.5. The van der Waals surface area contributed by atoms with Crippen LogP contribution >= 0.6 is 0 Å². The minimum Gasteiger partial charge on any atom is -0.448 e. The van der Waals surface area contributed by atoms with Crippen molar-refractivity contribution in [1.82, 2.24) is 9.88 Å². The van der Waals surface area contributed by atoms with Gasteiger partial charge >= 0.3 is 5.97 Å². The summed E-state index contributed by atoms with van der Waals surface area (Å²) in [6.07, 6.45) is 1.92. The molecule has 7 heteroatoms. The molecule has 0 spiro atoms. The van der Waals surface area contributed by atoms with Crippen molar-refractivity contribution in [3.8, 4) is 0 Å². The third-order valence-corrected chi connectivity index (χ3v) is 4.37. The molecule has 0 aliphatic carbocycles. The third-order valence-electron chi connectivity index (χ3n) is 4.37. The van der Waals surface area contributed by atoms with Crippen molar-refractivity contribution in [1.29, 1.82) is 0 Å². The van der Waals surface area contributed by atoms with Gasteiger partial charge in [-0.3, -0.25) is 14.6 Å². The van der Waals surface area contributed by atoms with Crippen LogP contribution in [0.5, 0.6) is 0 Å². The molecule has 2 atom stereocenters. The number of primary amides is 1. The van der Waals surface area contributed by atoms with Gasteiger partial charge < -0.3 is 15.4 Å². The van der Waals surface area contributed by atoms with Crippen LogP contribution in [0.3, 0.4) is 0 Å². The lowest BCUT2D eigenvalue weighted by Gasteiger charge is -2.34. The zero-order valence-corrected chi connectivity index (χ0v) is 14.9. The van der Waals surface area contributed by atoms with E-state index < -0.39 is 18.0 Å². The number of ether oxygens (including phenoxy) is 1. The van der Waals surface area contributed by atoms with Crippen LogP contribution in [0.1, 0.15) is 42.7 Å². The number of carbonyl (C=O) groups is 3. The summed E-state index contributed by atoms with van der Waals surface area (Å²) < 4.78 is 5.46. The molecule has 0 bridgehead atoms. The molecule has 0 radical (unpaired) electrons. The second kappa shape index (κ2) is 8.09. The van der Waals surface area contributed by atoms with E-state index in [0.717, 1.165) is 5.69 Å². The summed E-state index contributed by atoms with van der Waals surface area (Å²) in [7, 11) is 0. The Balaban J connectivity index is 2.08. The fourth-order valence-electron chi connectivity index (χ4n) is 2.83. The van der Waals surface area contributed by atoms with E-state index in [4.69, 9.17) is 10.5 Å². The molecule has 136 valence electrons. The van der Waals surface area contributed by atoms with Gasteiger partial charge in [0.2, 0.25) is 5.91 Å². The molecule has 1 aliphatic rings. The fraction of sp³-hybridized carbons (Fsp3) is 0.556. The van der Waals surface area contributed by atoms with Gasteiger partial charge in [-0.05, 0) is 37.8 Å². The summed E-state index contributed by atoms with van der Waals surface area (Å²) in [6.45, 7) is 6.27. The van der Waals surface area contributed by atoms with Crippen LogP contribution in [0.15, 0.2) is 18.3 Å². The molecular weight excluding hydrogens is 322 g/mol. The summed E-state index contributed by atoms with van der Waals surface area (Å²) in [5, 5.41) is 0. The Morgan fingerprint density at radius 1 is 1.32 bits per heavy atom. The van der Waals surface area contributed by atoms with Crippen molar-refractivity contribution in [3.63, 3.8) is 0 Å². The maximum absolute atomic E-state index is 12.8. The standard InChI is InChI=1S/C18H25N3O4/c1-11(2)15(25-18(24)13-7-6-12(3)20-9-13)17(23)21-8-4-5-14(10-21)16(19)22/h6-7,9,11,14-15H,4-5,8,10H2,1-3H3,(H2,19,22)/t14-,15-/m0/s1. The first kappa shape index (κ1) is 18.9. The van der Waals surface area contributed by atoms with E-state index in [2.05, 4.69) is 4.98 Å². The zero-order chi connectivity index (χ0) is 18.6. The highest BCUT2D eigenvalue weighted by Crippen LogP contribution is 2.20. The smallest absolute Gasteiger partial charge is 0.340 e. The predicted octanol–water partition coefficient (Wildman–Crippen LogP) is 1.30. The minimum absolute atomic E-state index is 0.191. The number of aromatic nitrogens is 1. The number of pyridine rings is 1. The molecule has 2 N–H and O–H groups in total. The Bertz CT molecular complexity index is 642. The van der Waals surface area contributed by atoms with E-state index in [1.54, 1.807) is 17.0 Å². The van der Waals surface area contributed by atoms with Crippen LogP contribution in [0.4, 0.5) is 0 Å². The second-order valence-electron chi connectivity index (χ2n) is 6.78. The zero-order valence-electron chi connectivity index (χ0n) is 14.9. The number of hydrogen-bond acceptors (Lipinski definition) is 5. The number of amides is 2. The summed E-state index contributed by atoms with van der Waals surface area (Å²) >= 11 is 0. The van der Waals surface area contributed by atoms with E-state index >= 15 is 0 Å². The van der Waals surface area contributed by atoms with Crippen molar-refractivity contribution in [3.05, 3.63) is 29.6 Å². The molecule has 1 aliphatic heterocycles. The first-order chi connectivity index (χ1) is 11.8. The van der Waals surface area contributed by atoms with E-state index in [9.17, 15) is 14.4 Å². The number of likely N-dealkylation sites (tertiary alicyclic amines) is 1. The second-order valence-corrected chi connectivity index (χ2v) is 6.78. The summed E-state index contributed by atoms with van der Waals surface area (Å²) in [6, 6.07) is 3.33. The van der Waals surface area contributed by atoms with Crippen LogP contribution in [0.25, 0.3) is 0 Å². The molecule has 0 aromatic carbocycles. The molecule has 2 amide bonds. The van der Waals surface area contributed by atoms with Crippen molar-refractivity contribution in [2.24, 2.45) is 17.6 Å². The van der Waals surface area contributed by atoms with Gasteiger partial charge in [-0.1, -0.05) is 13.8 Å². The average Bonchev–Trinajstić information content (AvgIpc) is 2.59. The van der Waals surface area contributed by atoms with Gasteiger partial charge in [0.1, 0.15) is 0 Å². The number of rotatable bonds is 5. The molecule has 2 rings (SSSR count). The van der Waals surface area contributed by atoms with Gasteiger partial charge in [0, 0.05) is 25.0 Å². The molecule has 1 fully saturated rings. The summed E-state index contributed by atoms with van der Waals surface area (Å²) in [4.78, 5) is 42.2. The molecule has 1 saturated heterocycles. The van der Waals surface area contributed by atoms with Gasteiger partial charge in [-0.2, -0.15) is 0 Å². The van der Waals surface area contributed by atoms with Crippen LogP contribution in [-0.4, -0.2) is 46.9 Å². The van der Waals surface area contributed by atoms with Gasteiger partial charge in [0.25, 0.3) is 5.91 Å². The number of esters is 1. The van der Waals surface area contributed by atoms with Gasteiger partial charge in [-0.15, -0.1) is 0 Å². The van der Waals surface area contributed by atoms with Crippen molar-refractivity contribution in [2.45, 2.75) is 39.7 Å². The Morgan fingerprint density at radius 3 is 2.60 bits per heavy atom. The van der Waals surface area contributed by atoms with Crippen LogP contribution in [0, 0.1) is 18.8 Å². The average molecular weight is 347 g/mol. The number of carbonyl (C=O) groups excluding carboxylic acids is 3. The molecular formula is C18H25N3O4. The highest BCUT2D eigenvalue weighted by Gasteiger charge is 2.34. The van der Waals surface area contributed by atoms with Gasteiger partial charge in [0.15, 0.2) is 6.10 Å². The third kappa shape index (κ3) is 4.78. The molecule has 1 aromatic rings. The maximum Gasteiger partial charge on any atom is 0.340 e. The number of nitrogens with zero attached hydrogens (tertiary/aromatic N) is 2. The lowest BCUT2D eigenvalue weighted by atomic mass is 9.96. The van der Waals surface area contributed by atoms with E-state index in [-0.39, 0.29) is 24.3 Å². The first-order valence-electron chi connectivity index (χ1n) is 8.51. The normalized spacial score (nSPS) is 18.7. The minimum atomic E-state index is -0.902. The molecule has 0 saturated carbocycles. The van der Waals surface area contributed by atoms with E-state index in [1.807, 2.05) is 20.8 Å². The lowest BCUT2D eigenvalue weighted by molar-refractivity contribution is -0.145. The Labute approximate surface area is 147 Å². The van der Waals surface area contributed by atoms with E-state index in [1.165, 1.54) is 6.20 Å². The lowest BCUT2D eigenvalue weighted by Crippen LogP contribution is -2.50. The molecule has 1 aromatic heterocycles. The molecule has 0 unspecified atom stereocenters. The van der Waals surface area contributed by atoms with Gasteiger partial charge in [0.05, 0.1) is 11.5 Å². The Hall–Kier alpha value is -2.44. The fourth-order valence-corrected chi connectivity index (χ4v) is 2.83. The number of hydrogen-bond donors (Lipinski definition) is 1. The number of aryl methyl sites for hydroxylation is 1. The number of piperidine rings is 1. The molecule has 7 nitrogen and oxygen atoms in total. The Morgan fingerprint density at radius 2 is 2.04 bits per heavy atom. The van der Waals surface area contributed by atoms with Crippen LogP contribution in [0.2, 0.25) is 0 Å². The van der Waals surface area contributed by atoms with Crippen molar-refractivity contribution >= 4 is 17.8 Å². The SMILES string of the molecule is Cc1ccc(C(=O)O[C@H](C(=O)N2CCC[C@H](C(N)=O)C2)C(C)C)cn1. The number of nitrogens with two attached hydrogens (primary N) is 1.